The van der Waals surface area contributed by atoms with Crippen LogP contribution in [0.25, 0.3) is 0 Å². The lowest BCUT2D eigenvalue weighted by Crippen LogP contribution is -2.48. The van der Waals surface area contributed by atoms with Gasteiger partial charge in [0, 0.05) is 0 Å². The quantitative estimate of drug-likeness (QED) is 0.612. The molecule has 0 spiro atoms. The lowest BCUT2D eigenvalue weighted by atomic mass is 10.1. The fraction of sp³-hybridized carbons (Fsp3) is 1.00. The van der Waals surface area contributed by atoms with Crippen LogP contribution in [-0.2, 0) is 14.9 Å². The average molecular weight is 224 g/mol. The van der Waals surface area contributed by atoms with Crippen molar-refractivity contribution in [3.05, 3.63) is 0 Å². The monoisotopic (exact) mass is 224 g/mol. The zero-order valence-corrected chi connectivity index (χ0v) is 9.86. The molecule has 0 atom stereocenters. The van der Waals surface area contributed by atoms with Gasteiger partial charge in [-0.15, -0.1) is 0 Å². The van der Waals surface area contributed by atoms with Crippen LogP contribution >= 0.6 is 0 Å². The van der Waals surface area contributed by atoms with Crippen molar-refractivity contribution >= 4 is 10.0 Å². The SMILES string of the molecule is CCCCS(=O)(=O)NC(C)(C)CON. The zero-order valence-electron chi connectivity index (χ0n) is 9.04. The van der Waals surface area contributed by atoms with E-state index in [0.717, 1.165) is 6.42 Å². The van der Waals surface area contributed by atoms with E-state index in [0.29, 0.717) is 6.42 Å². The van der Waals surface area contributed by atoms with Crippen molar-refractivity contribution in [2.24, 2.45) is 5.90 Å². The summed E-state index contributed by atoms with van der Waals surface area (Å²) in [6.45, 7) is 5.55. The summed E-state index contributed by atoms with van der Waals surface area (Å²) in [7, 11) is -3.21. The van der Waals surface area contributed by atoms with Crippen molar-refractivity contribution < 1.29 is 13.3 Å². The third kappa shape index (κ3) is 6.31. The third-order valence-corrected chi connectivity index (χ3v) is 3.33. The molecule has 0 heterocycles. The summed E-state index contributed by atoms with van der Waals surface area (Å²) in [5.74, 6) is 5.05. The van der Waals surface area contributed by atoms with Gasteiger partial charge in [0.2, 0.25) is 10.0 Å². The molecule has 0 aromatic rings. The number of unbranched alkanes of at least 4 members (excludes halogenated alkanes) is 1. The van der Waals surface area contributed by atoms with E-state index < -0.39 is 15.6 Å². The topological polar surface area (TPSA) is 81.4 Å². The fourth-order valence-corrected chi connectivity index (χ4v) is 2.72. The maximum atomic E-state index is 11.5. The molecule has 0 unspecified atom stereocenters. The molecule has 5 nitrogen and oxygen atoms in total. The molecule has 86 valence electrons. The zero-order chi connectivity index (χ0) is 11.2. The molecule has 3 N–H and O–H groups in total. The number of nitrogens with two attached hydrogens (primary N) is 1. The largest absolute Gasteiger partial charge is 0.303 e. The van der Waals surface area contributed by atoms with Gasteiger partial charge in [-0.2, -0.15) is 0 Å². The molecule has 0 rings (SSSR count). The first-order valence-corrected chi connectivity index (χ1v) is 6.31. The van der Waals surface area contributed by atoms with E-state index in [4.69, 9.17) is 5.90 Å². The first-order chi connectivity index (χ1) is 6.33. The van der Waals surface area contributed by atoms with E-state index in [1.807, 2.05) is 6.92 Å². The molecule has 0 fully saturated rings. The Labute approximate surface area is 86.0 Å². The van der Waals surface area contributed by atoms with Gasteiger partial charge in [-0.25, -0.2) is 19.0 Å². The van der Waals surface area contributed by atoms with Gasteiger partial charge in [0.05, 0.1) is 17.9 Å². The lowest BCUT2D eigenvalue weighted by molar-refractivity contribution is 0.0929. The maximum Gasteiger partial charge on any atom is 0.212 e. The predicted octanol–water partition coefficient (Wildman–Crippen LogP) is 0.375. The molecule has 6 heteroatoms. The Morgan fingerprint density at radius 2 is 2.00 bits per heavy atom. The van der Waals surface area contributed by atoms with Crippen molar-refractivity contribution in [1.82, 2.24) is 4.72 Å². The second-order valence-corrected chi connectivity index (χ2v) is 5.81. The standard InChI is InChI=1S/C8H20N2O3S/c1-4-5-6-14(11,12)10-8(2,3)7-13-9/h10H,4-7,9H2,1-3H3. The molecular formula is C8H20N2O3S. The van der Waals surface area contributed by atoms with E-state index in [2.05, 4.69) is 9.56 Å². The fourth-order valence-electron chi connectivity index (χ4n) is 1.04. The van der Waals surface area contributed by atoms with Crippen molar-refractivity contribution in [2.75, 3.05) is 12.4 Å². The van der Waals surface area contributed by atoms with Gasteiger partial charge >= 0.3 is 0 Å². The number of rotatable bonds is 7. The van der Waals surface area contributed by atoms with Gasteiger partial charge in [-0.1, -0.05) is 13.3 Å². The minimum Gasteiger partial charge on any atom is -0.303 e. The third-order valence-electron chi connectivity index (χ3n) is 1.64. The molecule has 14 heavy (non-hydrogen) atoms. The maximum absolute atomic E-state index is 11.5. The molecule has 0 aliphatic rings. The minimum atomic E-state index is -3.21. The highest BCUT2D eigenvalue weighted by Crippen LogP contribution is 2.05. The minimum absolute atomic E-state index is 0.150. The number of nitrogens with one attached hydrogen (secondary N) is 1. The van der Waals surface area contributed by atoms with Crippen LogP contribution in [0.3, 0.4) is 0 Å². The Kier molecular flexibility index (Phi) is 5.58. The van der Waals surface area contributed by atoms with Gasteiger partial charge in [-0.3, -0.25) is 0 Å². The van der Waals surface area contributed by atoms with Crippen molar-refractivity contribution in [2.45, 2.75) is 39.2 Å². The van der Waals surface area contributed by atoms with Gasteiger partial charge in [0.25, 0.3) is 0 Å². The van der Waals surface area contributed by atoms with Crippen LogP contribution in [0.4, 0.5) is 0 Å². The highest BCUT2D eigenvalue weighted by Gasteiger charge is 2.24. The highest BCUT2D eigenvalue weighted by molar-refractivity contribution is 7.89. The van der Waals surface area contributed by atoms with Crippen LogP contribution in [-0.4, -0.2) is 26.3 Å². The van der Waals surface area contributed by atoms with E-state index in [1.54, 1.807) is 13.8 Å². The summed E-state index contributed by atoms with van der Waals surface area (Å²) in [6, 6.07) is 0. The first-order valence-electron chi connectivity index (χ1n) is 4.66. The Morgan fingerprint density at radius 1 is 1.43 bits per heavy atom. The van der Waals surface area contributed by atoms with Crippen LogP contribution < -0.4 is 10.6 Å². The van der Waals surface area contributed by atoms with E-state index >= 15 is 0 Å². The van der Waals surface area contributed by atoms with Crippen molar-refractivity contribution in [3.8, 4) is 0 Å². The van der Waals surface area contributed by atoms with Crippen LogP contribution in [0.2, 0.25) is 0 Å². The Balaban J connectivity index is 4.20. The Morgan fingerprint density at radius 3 is 2.43 bits per heavy atom. The molecule has 0 aliphatic carbocycles. The average Bonchev–Trinajstić information content (AvgIpc) is 1.98. The summed E-state index contributed by atoms with van der Waals surface area (Å²) >= 11 is 0. The predicted molar refractivity (Wildman–Crippen MR) is 56.0 cm³/mol. The first kappa shape index (κ1) is 13.8. The van der Waals surface area contributed by atoms with Crippen LogP contribution in [0, 0.1) is 0 Å². The highest BCUT2D eigenvalue weighted by atomic mass is 32.2. The second kappa shape index (κ2) is 5.65. The summed E-state index contributed by atoms with van der Waals surface area (Å²) in [5, 5.41) is 0. The van der Waals surface area contributed by atoms with Crippen LogP contribution in [0.5, 0.6) is 0 Å². The molecule has 0 amide bonds. The van der Waals surface area contributed by atoms with Crippen LogP contribution in [0.1, 0.15) is 33.6 Å². The number of hydrogen-bond donors (Lipinski definition) is 2. The summed E-state index contributed by atoms with van der Waals surface area (Å²) in [6.07, 6.45) is 1.52. The molecule has 0 radical (unpaired) electrons. The van der Waals surface area contributed by atoms with Gasteiger partial charge < -0.3 is 4.84 Å². The summed E-state index contributed by atoms with van der Waals surface area (Å²) in [4.78, 5) is 4.43. The summed E-state index contributed by atoms with van der Waals surface area (Å²) < 4.78 is 25.5. The van der Waals surface area contributed by atoms with Crippen molar-refractivity contribution in [1.29, 1.82) is 0 Å². The molecule has 0 saturated heterocycles. The normalized spacial score (nSPS) is 13.1. The van der Waals surface area contributed by atoms with Gasteiger partial charge in [0.15, 0.2) is 0 Å². The smallest absolute Gasteiger partial charge is 0.212 e. The van der Waals surface area contributed by atoms with E-state index in [1.165, 1.54) is 0 Å². The summed E-state index contributed by atoms with van der Waals surface area (Å²) in [5.41, 5.74) is -0.651. The Bertz CT molecular complexity index is 249. The molecular weight excluding hydrogens is 204 g/mol. The second-order valence-electron chi connectivity index (χ2n) is 3.97. The van der Waals surface area contributed by atoms with Crippen LogP contribution in [0.15, 0.2) is 0 Å². The molecule has 0 aliphatic heterocycles. The lowest BCUT2D eigenvalue weighted by Gasteiger charge is -2.24. The number of sulfonamides is 1. The molecule has 0 aromatic heterocycles. The van der Waals surface area contributed by atoms with E-state index in [9.17, 15) is 8.42 Å². The number of hydrogen-bond acceptors (Lipinski definition) is 4. The molecule has 0 bridgehead atoms. The molecule has 0 aromatic carbocycles. The van der Waals surface area contributed by atoms with Gasteiger partial charge in [-0.05, 0) is 20.3 Å². The van der Waals surface area contributed by atoms with Crippen molar-refractivity contribution in [3.63, 3.8) is 0 Å². The van der Waals surface area contributed by atoms with Gasteiger partial charge in [0.1, 0.15) is 0 Å². The molecule has 0 saturated carbocycles. The van der Waals surface area contributed by atoms with E-state index in [-0.39, 0.29) is 12.4 Å². The Hall–Kier alpha value is -0.170.